The maximum Gasteiger partial charge on any atom is 0.262 e. The van der Waals surface area contributed by atoms with Crippen LogP contribution in [0, 0.1) is 0 Å². The number of nitrogens with two attached hydrogens (primary N) is 1. The molecule has 0 radical (unpaired) electrons. The van der Waals surface area contributed by atoms with Crippen LogP contribution < -0.4 is 15.8 Å². The number of hydrogen-bond acceptors (Lipinski definition) is 3. The SMILES string of the molecule is Nc1ccc(OCC(=O)Nc2cccc(Cl)c2Br)cc1. The van der Waals surface area contributed by atoms with E-state index in [0.717, 1.165) is 0 Å². The molecule has 0 aliphatic carbocycles. The van der Waals surface area contributed by atoms with Gasteiger partial charge in [0, 0.05) is 5.69 Å². The highest BCUT2D eigenvalue weighted by Crippen LogP contribution is 2.29. The lowest BCUT2D eigenvalue weighted by Crippen LogP contribution is -2.20. The fraction of sp³-hybridized carbons (Fsp3) is 0.0714. The molecule has 0 atom stereocenters. The van der Waals surface area contributed by atoms with Crippen molar-refractivity contribution in [1.82, 2.24) is 0 Å². The van der Waals surface area contributed by atoms with E-state index in [1.807, 2.05) is 0 Å². The lowest BCUT2D eigenvalue weighted by Gasteiger charge is -2.09. The van der Waals surface area contributed by atoms with E-state index in [1.54, 1.807) is 42.5 Å². The van der Waals surface area contributed by atoms with E-state index in [2.05, 4.69) is 21.2 Å². The molecule has 0 saturated carbocycles. The Morgan fingerprint density at radius 2 is 1.95 bits per heavy atom. The van der Waals surface area contributed by atoms with Crippen molar-refractivity contribution in [3.8, 4) is 5.75 Å². The van der Waals surface area contributed by atoms with E-state index in [0.29, 0.717) is 26.6 Å². The Kier molecular flexibility index (Phi) is 4.87. The van der Waals surface area contributed by atoms with Gasteiger partial charge in [0.05, 0.1) is 15.2 Å². The number of nitrogen functional groups attached to an aromatic ring is 1. The fourth-order valence-electron chi connectivity index (χ4n) is 1.50. The number of halogens is 2. The zero-order valence-electron chi connectivity index (χ0n) is 10.4. The summed E-state index contributed by atoms with van der Waals surface area (Å²) in [5.41, 5.74) is 6.81. The van der Waals surface area contributed by atoms with Gasteiger partial charge in [-0.25, -0.2) is 0 Å². The van der Waals surface area contributed by atoms with Gasteiger partial charge < -0.3 is 15.8 Å². The number of amides is 1. The Hall–Kier alpha value is -1.72. The number of hydrogen-bond donors (Lipinski definition) is 2. The summed E-state index contributed by atoms with van der Waals surface area (Å²) in [5.74, 6) is 0.310. The van der Waals surface area contributed by atoms with Crippen molar-refractivity contribution < 1.29 is 9.53 Å². The topological polar surface area (TPSA) is 64.3 Å². The summed E-state index contributed by atoms with van der Waals surface area (Å²) in [6.07, 6.45) is 0. The van der Waals surface area contributed by atoms with Crippen LogP contribution in [0.3, 0.4) is 0 Å². The van der Waals surface area contributed by atoms with Gasteiger partial charge in [0.15, 0.2) is 6.61 Å². The first-order chi connectivity index (χ1) is 9.56. The fourth-order valence-corrected chi connectivity index (χ4v) is 2.04. The highest BCUT2D eigenvalue weighted by atomic mass is 79.9. The second-order valence-corrected chi connectivity index (χ2v) is 5.21. The zero-order chi connectivity index (χ0) is 14.5. The van der Waals surface area contributed by atoms with Crippen molar-refractivity contribution in [1.29, 1.82) is 0 Å². The van der Waals surface area contributed by atoms with Gasteiger partial charge in [-0.3, -0.25) is 4.79 Å². The predicted octanol–water partition coefficient (Wildman–Crippen LogP) is 3.70. The minimum absolute atomic E-state index is 0.0944. The number of anilines is 2. The lowest BCUT2D eigenvalue weighted by atomic mass is 10.3. The normalized spacial score (nSPS) is 10.1. The average molecular weight is 356 g/mol. The first-order valence-electron chi connectivity index (χ1n) is 5.78. The lowest BCUT2D eigenvalue weighted by molar-refractivity contribution is -0.118. The van der Waals surface area contributed by atoms with E-state index in [-0.39, 0.29) is 12.5 Å². The molecule has 2 rings (SSSR count). The molecule has 0 aromatic heterocycles. The number of ether oxygens (including phenoxy) is 1. The first-order valence-corrected chi connectivity index (χ1v) is 6.95. The van der Waals surface area contributed by atoms with E-state index >= 15 is 0 Å². The van der Waals surface area contributed by atoms with Crippen LogP contribution in [0.25, 0.3) is 0 Å². The molecule has 2 aromatic rings. The van der Waals surface area contributed by atoms with E-state index in [4.69, 9.17) is 22.1 Å². The predicted molar refractivity (Wildman–Crippen MR) is 84.1 cm³/mol. The smallest absolute Gasteiger partial charge is 0.262 e. The molecule has 104 valence electrons. The number of benzene rings is 2. The van der Waals surface area contributed by atoms with E-state index in [1.165, 1.54) is 0 Å². The molecule has 0 unspecified atom stereocenters. The summed E-state index contributed by atoms with van der Waals surface area (Å²) in [7, 11) is 0. The van der Waals surface area contributed by atoms with Crippen molar-refractivity contribution in [3.05, 3.63) is 52.0 Å². The van der Waals surface area contributed by atoms with Crippen LogP contribution in [-0.2, 0) is 4.79 Å². The van der Waals surface area contributed by atoms with Gasteiger partial charge in [0.1, 0.15) is 5.75 Å². The summed E-state index contributed by atoms with van der Waals surface area (Å²) < 4.78 is 5.99. The van der Waals surface area contributed by atoms with Crippen molar-refractivity contribution in [2.24, 2.45) is 0 Å². The van der Waals surface area contributed by atoms with Crippen LogP contribution in [0.2, 0.25) is 5.02 Å². The molecule has 2 aromatic carbocycles. The van der Waals surface area contributed by atoms with E-state index < -0.39 is 0 Å². The molecular formula is C14H12BrClN2O2. The number of carbonyl (C=O) groups excluding carboxylic acids is 1. The Morgan fingerprint density at radius 1 is 1.25 bits per heavy atom. The van der Waals surface area contributed by atoms with Crippen molar-refractivity contribution in [2.75, 3.05) is 17.7 Å². The molecule has 0 bridgehead atoms. The quantitative estimate of drug-likeness (QED) is 0.822. The number of nitrogens with one attached hydrogen (secondary N) is 1. The minimum atomic E-state index is -0.273. The summed E-state index contributed by atoms with van der Waals surface area (Å²) in [4.78, 5) is 11.8. The maximum absolute atomic E-state index is 11.8. The monoisotopic (exact) mass is 354 g/mol. The Labute approximate surface area is 130 Å². The highest BCUT2D eigenvalue weighted by Gasteiger charge is 2.08. The molecule has 1 amide bonds. The molecule has 0 aliphatic rings. The molecule has 0 heterocycles. The van der Waals surface area contributed by atoms with Crippen LogP contribution in [0.5, 0.6) is 5.75 Å². The van der Waals surface area contributed by atoms with Crippen molar-refractivity contribution in [3.63, 3.8) is 0 Å². The highest BCUT2D eigenvalue weighted by molar-refractivity contribution is 9.10. The van der Waals surface area contributed by atoms with Gasteiger partial charge in [0.2, 0.25) is 0 Å². The van der Waals surface area contributed by atoms with Crippen molar-refractivity contribution in [2.45, 2.75) is 0 Å². The molecule has 0 saturated heterocycles. The molecule has 0 aliphatic heterocycles. The largest absolute Gasteiger partial charge is 0.484 e. The molecule has 0 fully saturated rings. The standard InChI is InChI=1S/C14H12BrClN2O2/c15-14-11(16)2-1-3-12(14)18-13(19)8-20-10-6-4-9(17)5-7-10/h1-7H,8,17H2,(H,18,19). The third-order valence-electron chi connectivity index (χ3n) is 2.48. The summed E-state index contributed by atoms with van der Waals surface area (Å²) in [5, 5.41) is 3.24. The van der Waals surface area contributed by atoms with Crippen LogP contribution in [0.1, 0.15) is 0 Å². The summed E-state index contributed by atoms with van der Waals surface area (Å²) in [6.45, 7) is -0.0944. The van der Waals surface area contributed by atoms with Crippen LogP contribution in [-0.4, -0.2) is 12.5 Å². The Bertz CT molecular complexity index is 617. The second-order valence-electron chi connectivity index (χ2n) is 4.01. The number of rotatable bonds is 4. The van der Waals surface area contributed by atoms with Crippen LogP contribution in [0.4, 0.5) is 11.4 Å². The maximum atomic E-state index is 11.8. The molecular weight excluding hydrogens is 344 g/mol. The molecule has 4 nitrogen and oxygen atoms in total. The first kappa shape index (κ1) is 14.7. The average Bonchev–Trinajstić information content (AvgIpc) is 2.43. The summed E-state index contributed by atoms with van der Waals surface area (Å²) in [6, 6.07) is 12.1. The number of carbonyl (C=O) groups is 1. The third kappa shape index (κ3) is 3.88. The van der Waals surface area contributed by atoms with Crippen LogP contribution in [0.15, 0.2) is 46.9 Å². The Morgan fingerprint density at radius 3 is 2.65 bits per heavy atom. The van der Waals surface area contributed by atoms with Crippen molar-refractivity contribution >= 4 is 44.8 Å². The van der Waals surface area contributed by atoms with Crippen LogP contribution >= 0.6 is 27.5 Å². The van der Waals surface area contributed by atoms with Gasteiger partial charge >= 0.3 is 0 Å². The third-order valence-corrected chi connectivity index (χ3v) is 3.87. The molecule has 3 N–H and O–H groups in total. The summed E-state index contributed by atoms with van der Waals surface area (Å²) >= 11 is 9.26. The second kappa shape index (κ2) is 6.63. The van der Waals surface area contributed by atoms with Gasteiger partial charge in [-0.1, -0.05) is 17.7 Å². The minimum Gasteiger partial charge on any atom is -0.484 e. The zero-order valence-corrected chi connectivity index (χ0v) is 12.7. The van der Waals surface area contributed by atoms with Gasteiger partial charge in [-0.05, 0) is 52.3 Å². The van der Waals surface area contributed by atoms with E-state index in [9.17, 15) is 4.79 Å². The van der Waals surface area contributed by atoms with Gasteiger partial charge in [-0.15, -0.1) is 0 Å². The Balaban J connectivity index is 1.92. The molecule has 20 heavy (non-hydrogen) atoms. The van der Waals surface area contributed by atoms with Gasteiger partial charge in [-0.2, -0.15) is 0 Å². The van der Waals surface area contributed by atoms with Gasteiger partial charge in [0.25, 0.3) is 5.91 Å². The molecule has 6 heteroatoms. The molecule has 0 spiro atoms.